The lowest BCUT2D eigenvalue weighted by molar-refractivity contribution is 0.102. The molecule has 0 heterocycles. The van der Waals surface area contributed by atoms with E-state index in [9.17, 15) is 9.00 Å². The van der Waals surface area contributed by atoms with Crippen LogP contribution in [-0.4, -0.2) is 16.4 Å². The Morgan fingerprint density at radius 1 is 1.14 bits per heavy atom. The second kappa shape index (κ2) is 7.07. The molecule has 0 aliphatic carbocycles. The van der Waals surface area contributed by atoms with E-state index >= 15 is 0 Å². The molecule has 2 aromatic rings. The molecule has 0 saturated carbocycles. The summed E-state index contributed by atoms with van der Waals surface area (Å²) in [4.78, 5) is 12.1. The third kappa shape index (κ3) is 4.56. The van der Waals surface area contributed by atoms with Crippen LogP contribution >= 0.6 is 23.2 Å². The summed E-state index contributed by atoms with van der Waals surface area (Å²) < 4.78 is 11.3. The van der Waals surface area contributed by atoms with Crippen LogP contribution in [0.2, 0.25) is 10.0 Å². The zero-order valence-corrected chi connectivity index (χ0v) is 13.6. The maximum Gasteiger partial charge on any atom is 0.255 e. The fraction of sp³-hybridized carbons (Fsp3) is 0.133. The van der Waals surface area contributed by atoms with Gasteiger partial charge in [0.15, 0.2) is 0 Å². The molecule has 0 bridgehead atoms. The van der Waals surface area contributed by atoms with Gasteiger partial charge < -0.3 is 5.32 Å². The third-order valence-corrected chi connectivity index (χ3v) is 4.11. The van der Waals surface area contributed by atoms with Crippen molar-refractivity contribution in [1.29, 1.82) is 0 Å². The minimum absolute atomic E-state index is 0.238. The first kappa shape index (κ1) is 16.0. The van der Waals surface area contributed by atoms with Crippen molar-refractivity contribution in [1.82, 2.24) is 0 Å². The molecular weight excluding hydrogens is 329 g/mol. The van der Waals surface area contributed by atoms with Crippen molar-refractivity contribution in [3.63, 3.8) is 0 Å². The maximum absolute atomic E-state index is 12.1. The summed E-state index contributed by atoms with van der Waals surface area (Å²) >= 11 is 11.8. The molecule has 0 aliphatic heterocycles. The van der Waals surface area contributed by atoms with Gasteiger partial charge in [0.05, 0.1) is 0 Å². The standard InChI is InChI=1S/C15H13Cl2NO2S/c1-21(20)9-11-8-13(6-7-14(11)17)18-15(19)10-2-4-12(16)5-3-10/h2-8H,9H2,1H3,(H,18,19)/t21-/m0/s1. The minimum atomic E-state index is -0.998. The van der Waals surface area contributed by atoms with Crippen LogP contribution in [0, 0.1) is 0 Å². The highest BCUT2D eigenvalue weighted by Gasteiger charge is 2.08. The number of halogens is 2. The zero-order chi connectivity index (χ0) is 15.4. The third-order valence-electron chi connectivity index (χ3n) is 2.77. The molecule has 0 aromatic heterocycles. The number of hydrogen-bond donors (Lipinski definition) is 1. The second-order valence-corrected chi connectivity index (χ2v) is 6.76. The molecule has 3 nitrogen and oxygen atoms in total. The van der Waals surface area contributed by atoms with Crippen molar-refractivity contribution in [3.8, 4) is 0 Å². The highest BCUT2D eigenvalue weighted by molar-refractivity contribution is 7.83. The Hall–Kier alpha value is -1.36. The summed E-state index contributed by atoms with van der Waals surface area (Å²) in [6.07, 6.45) is 1.61. The van der Waals surface area contributed by atoms with Gasteiger partial charge in [0.25, 0.3) is 5.91 Å². The highest BCUT2D eigenvalue weighted by Crippen LogP contribution is 2.22. The summed E-state index contributed by atoms with van der Waals surface area (Å²) in [5.74, 6) is 0.112. The molecule has 0 fully saturated rings. The molecule has 2 rings (SSSR count). The number of hydrogen-bond acceptors (Lipinski definition) is 2. The number of carbonyl (C=O) groups excluding carboxylic acids is 1. The van der Waals surface area contributed by atoms with Gasteiger partial charge in [-0.2, -0.15) is 0 Å². The van der Waals surface area contributed by atoms with Crippen LogP contribution < -0.4 is 5.32 Å². The van der Waals surface area contributed by atoms with Crippen LogP contribution in [0.1, 0.15) is 15.9 Å². The monoisotopic (exact) mass is 341 g/mol. The Kier molecular flexibility index (Phi) is 5.39. The van der Waals surface area contributed by atoms with E-state index < -0.39 is 10.8 Å². The summed E-state index contributed by atoms with van der Waals surface area (Å²) in [7, 11) is -0.998. The number of carbonyl (C=O) groups is 1. The van der Waals surface area contributed by atoms with Gasteiger partial charge in [-0.3, -0.25) is 9.00 Å². The fourth-order valence-corrected chi connectivity index (χ4v) is 2.85. The van der Waals surface area contributed by atoms with E-state index in [1.807, 2.05) is 0 Å². The molecule has 0 aliphatic rings. The predicted molar refractivity (Wildman–Crippen MR) is 88.6 cm³/mol. The lowest BCUT2D eigenvalue weighted by Gasteiger charge is -2.09. The van der Waals surface area contributed by atoms with E-state index in [1.165, 1.54) is 0 Å². The molecule has 1 amide bonds. The van der Waals surface area contributed by atoms with Crippen molar-refractivity contribution < 1.29 is 9.00 Å². The molecule has 0 saturated heterocycles. The maximum atomic E-state index is 12.1. The number of nitrogens with one attached hydrogen (secondary N) is 1. The summed E-state index contributed by atoms with van der Waals surface area (Å²) in [5, 5.41) is 3.89. The lowest BCUT2D eigenvalue weighted by Crippen LogP contribution is -2.12. The molecule has 2 aromatic carbocycles. The molecule has 6 heteroatoms. The van der Waals surface area contributed by atoms with E-state index in [0.29, 0.717) is 27.0 Å². The molecule has 0 unspecified atom stereocenters. The lowest BCUT2D eigenvalue weighted by atomic mass is 10.2. The van der Waals surface area contributed by atoms with E-state index in [1.54, 1.807) is 48.7 Å². The summed E-state index contributed by atoms with van der Waals surface area (Å²) in [6, 6.07) is 11.7. The first-order valence-electron chi connectivity index (χ1n) is 6.11. The first-order valence-corrected chi connectivity index (χ1v) is 8.59. The van der Waals surface area contributed by atoms with Gasteiger partial charge in [0, 0.05) is 44.1 Å². The van der Waals surface area contributed by atoms with Crippen molar-refractivity contribution in [2.45, 2.75) is 5.75 Å². The molecular formula is C15H13Cl2NO2S. The van der Waals surface area contributed by atoms with Crippen LogP contribution in [0.5, 0.6) is 0 Å². The van der Waals surface area contributed by atoms with Crippen LogP contribution in [0.4, 0.5) is 5.69 Å². The van der Waals surface area contributed by atoms with Crippen molar-refractivity contribution >= 4 is 45.6 Å². The van der Waals surface area contributed by atoms with E-state index in [-0.39, 0.29) is 5.91 Å². The fourth-order valence-electron chi connectivity index (χ4n) is 1.79. The number of benzene rings is 2. The van der Waals surface area contributed by atoms with Gasteiger partial charge in [-0.1, -0.05) is 23.2 Å². The van der Waals surface area contributed by atoms with Crippen LogP contribution in [-0.2, 0) is 16.6 Å². The SMILES string of the molecule is C[S@](=O)Cc1cc(NC(=O)c2ccc(Cl)cc2)ccc1Cl. The second-order valence-electron chi connectivity index (χ2n) is 4.48. The first-order chi connectivity index (χ1) is 9.95. The predicted octanol–water partition coefficient (Wildman–Crippen LogP) is 4.12. The Morgan fingerprint density at radius 3 is 2.43 bits per heavy atom. The van der Waals surface area contributed by atoms with Gasteiger partial charge in [-0.05, 0) is 48.0 Å². The average Bonchev–Trinajstić information content (AvgIpc) is 2.42. The van der Waals surface area contributed by atoms with Gasteiger partial charge in [0.1, 0.15) is 0 Å². The molecule has 0 spiro atoms. The van der Waals surface area contributed by atoms with E-state index in [0.717, 1.165) is 5.56 Å². The number of anilines is 1. The van der Waals surface area contributed by atoms with Crippen LogP contribution in [0.15, 0.2) is 42.5 Å². The molecule has 1 atom stereocenters. The van der Waals surface area contributed by atoms with Crippen molar-refractivity contribution in [2.75, 3.05) is 11.6 Å². The van der Waals surface area contributed by atoms with E-state index in [2.05, 4.69) is 5.32 Å². The molecule has 110 valence electrons. The zero-order valence-electron chi connectivity index (χ0n) is 11.2. The van der Waals surface area contributed by atoms with Gasteiger partial charge in [-0.15, -0.1) is 0 Å². The molecule has 0 radical (unpaired) electrons. The minimum Gasteiger partial charge on any atom is -0.322 e. The van der Waals surface area contributed by atoms with E-state index in [4.69, 9.17) is 23.2 Å². The topological polar surface area (TPSA) is 46.2 Å². The smallest absolute Gasteiger partial charge is 0.255 e. The number of amides is 1. The van der Waals surface area contributed by atoms with Crippen molar-refractivity contribution in [2.24, 2.45) is 0 Å². The summed E-state index contributed by atoms with van der Waals surface area (Å²) in [6.45, 7) is 0. The van der Waals surface area contributed by atoms with Gasteiger partial charge in [0.2, 0.25) is 0 Å². The Morgan fingerprint density at radius 2 is 1.81 bits per heavy atom. The van der Waals surface area contributed by atoms with Crippen molar-refractivity contribution in [3.05, 3.63) is 63.6 Å². The number of rotatable bonds is 4. The average molecular weight is 342 g/mol. The normalized spacial score (nSPS) is 12.0. The van der Waals surface area contributed by atoms with Gasteiger partial charge in [-0.25, -0.2) is 0 Å². The quantitative estimate of drug-likeness (QED) is 0.908. The summed E-state index contributed by atoms with van der Waals surface area (Å²) in [5.41, 5.74) is 1.86. The Labute approximate surface area is 135 Å². The molecule has 1 N–H and O–H groups in total. The van der Waals surface area contributed by atoms with Crippen LogP contribution in [0.25, 0.3) is 0 Å². The highest BCUT2D eigenvalue weighted by atomic mass is 35.5. The van der Waals surface area contributed by atoms with Crippen LogP contribution in [0.3, 0.4) is 0 Å². The Bertz CT molecular complexity index is 687. The van der Waals surface area contributed by atoms with Gasteiger partial charge >= 0.3 is 0 Å². The molecule has 21 heavy (non-hydrogen) atoms. The largest absolute Gasteiger partial charge is 0.322 e. The Balaban J connectivity index is 2.17.